The van der Waals surface area contributed by atoms with Crippen molar-refractivity contribution >= 4 is 6.03 Å². The summed E-state index contributed by atoms with van der Waals surface area (Å²) in [6.45, 7) is 5.32. The number of morpholine rings is 1. The van der Waals surface area contributed by atoms with Gasteiger partial charge >= 0.3 is 6.03 Å². The topological polar surface area (TPSA) is 59.4 Å². The summed E-state index contributed by atoms with van der Waals surface area (Å²) in [6.07, 6.45) is 4.59. The lowest BCUT2D eigenvalue weighted by Gasteiger charge is -2.29. The number of aromatic nitrogens is 2. The predicted molar refractivity (Wildman–Crippen MR) is 91.7 cm³/mol. The van der Waals surface area contributed by atoms with Gasteiger partial charge in [-0.3, -0.25) is 0 Å². The number of carbonyl (C=O) groups excluding carboxylic acids is 1. The minimum atomic E-state index is -0.0247. The number of nitrogens with one attached hydrogen (secondary N) is 1. The Hall–Kier alpha value is -2.34. The second-order valence-electron chi connectivity index (χ2n) is 5.97. The maximum Gasteiger partial charge on any atom is 0.318 e. The maximum atomic E-state index is 12.6. The summed E-state index contributed by atoms with van der Waals surface area (Å²) >= 11 is 0. The van der Waals surface area contributed by atoms with Crippen molar-refractivity contribution in [3.05, 3.63) is 54.1 Å². The lowest BCUT2D eigenvalue weighted by atomic mass is 10.0. The van der Waals surface area contributed by atoms with Gasteiger partial charge in [-0.15, -0.1) is 0 Å². The number of amides is 2. The highest BCUT2D eigenvalue weighted by Gasteiger charge is 2.21. The Morgan fingerprint density at radius 3 is 2.71 bits per heavy atom. The third-order valence-electron chi connectivity index (χ3n) is 4.38. The first kappa shape index (κ1) is 16.5. The van der Waals surface area contributed by atoms with E-state index in [1.54, 1.807) is 6.20 Å². The number of aryl methyl sites for hydroxylation is 2. The van der Waals surface area contributed by atoms with E-state index < -0.39 is 0 Å². The van der Waals surface area contributed by atoms with E-state index in [1.165, 1.54) is 0 Å². The van der Waals surface area contributed by atoms with Crippen molar-refractivity contribution in [2.75, 3.05) is 26.3 Å². The van der Waals surface area contributed by atoms with Crippen LogP contribution in [-0.4, -0.2) is 46.8 Å². The van der Waals surface area contributed by atoms with Crippen LogP contribution in [-0.2, 0) is 11.3 Å². The number of ether oxygens (including phenoxy) is 1. The number of nitrogens with zero attached hydrogens (tertiary/aromatic N) is 3. The van der Waals surface area contributed by atoms with E-state index in [9.17, 15) is 4.79 Å². The Kier molecular flexibility index (Phi) is 5.48. The van der Waals surface area contributed by atoms with Gasteiger partial charge in [0.25, 0.3) is 0 Å². The monoisotopic (exact) mass is 328 g/mol. The molecule has 1 aromatic heterocycles. The molecule has 1 aromatic carbocycles. The molecule has 0 saturated carbocycles. The van der Waals surface area contributed by atoms with E-state index in [0.717, 1.165) is 24.4 Å². The van der Waals surface area contributed by atoms with Crippen LogP contribution in [0.1, 0.15) is 23.9 Å². The summed E-state index contributed by atoms with van der Waals surface area (Å²) in [6, 6.07) is 10.1. The third kappa shape index (κ3) is 4.14. The zero-order valence-electron chi connectivity index (χ0n) is 14.0. The van der Waals surface area contributed by atoms with Crippen LogP contribution in [0.2, 0.25) is 0 Å². The molecule has 1 atom stereocenters. The van der Waals surface area contributed by atoms with Gasteiger partial charge in [0.05, 0.1) is 19.3 Å². The van der Waals surface area contributed by atoms with Crippen molar-refractivity contribution in [1.82, 2.24) is 19.8 Å². The summed E-state index contributed by atoms with van der Waals surface area (Å²) in [7, 11) is 0. The molecule has 0 aliphatic carbocycles. The van der Waals surface area contributed by atoms with E-state index >= 15 is 0 Å². The van der Waals surface area contributed by atoms with E-state index in [0.29, 0.717) is 26.3 Å². The Morgan fingerprint density at radius 2 is 2.04 bits per heavy atom. The molecule has 0 unspecified atom stereocenters. The van der Waals surface area contributed by atoms with Crippen LogP contribution in [0.5, 0.6) is 0 Å². The summed E-state index contributed by atoms with van der Waals surface area (Å²) in [4.78, 5) is 18.6. The van der Waals surface area contributed by atoms with E-state index in [1.807, 2.05) is 36.2 Å². The SMILES string of the molecule is Cc1nccn1CC[C@@H](NC(=O)N1CCOCC1)c1ccccc1. The largest absolute Gasteiger partial charge is 0.378 e. The van der Waals surface area contributed by atoms with Crippen LogP contribution in [0, 0.1) is 6.92 Å². The normalized spacial score (nSPS) is 16.0. The molecule has 24 heavy (non-hydrogen) atoms. The highest BCUT2D eigenvalue weighted by Crippen LogP contribution is 2.18. The standard InChI is InChI=1S/C18H24N4O2/c1-15-19-8-10-21(15)9-7-17(16-5-3-2-4-6-16)20-18(23)22-11-13-24-14-12-22/h2-6,8,10,17H,7,9,11-14H2,1H3,(H,20,23)/t17-/m1/s1. The molecule has 3 rings (SSSR count). The van der Waals surface area contributed by atoms with Gasteiger partial charge in [0.2, 0.25) is 0 Å². The molecule has 0 radical (unpaired) electrons. The van der Waals surface area contributed by atoms with Crippen molar-refractivity contribution in [3.63, 3.8) is 0 Å². The number of rotatable bonds is 5. The minimum absolute atomic E-state index is 0.0190. The molecule has 0 spiro atoms. The van der Waals surface area contributed by atoms with Crippen LogP contribution in [0.25, 0.3) is 0 Å². The average molecular weight is 328 g/mol. The molecule has 0 bridgehead atoms. The second kappa shape index (κ2) is 7.97. The van der Waals surface area contributed by atoms with Crippen LogP contribution in [0.3, 0.4) is 0 Å². The zero-order chi connectivity index (χ0) is 16.8. The fourth-order valence-electron chi connectivity index (χ4n) is 2.92. The summed E-state index contributed by atoms with van der Waals surface area (Å²) in [5, 5.41) is 3.18. The predicted octanol–water partition coefficient (Wildman–Crippen LogP) is 2.36. The quantitative estimate of drug-likeness (QED) is 0.917. The molecule has 2 heterocycles. The molecule has 2 aromatic rings. The van der Waals surface area contributed by atoms with Crippen molar-refractivity contribution in [2.24, 2.45) is 0 Å². The van der Waals surface area contributed by atoms with Crippen molar-refractivity contribution in [3.8, 4) is 0 Å². The summed E-state index contributed by atoms with van der Waals surface area (Å²) in [5.41, 5.74) is 1.12. The lowest BCUT2D eigenvalue weighted by Crippen LogP contribution is -2.47. The Morgan fingerprint density at radius 1 is 1.29 bits per heavy atom. The molecule has 6 heteroatoms. The number of benzene rings is 1. The lowest BCUT2D eigenvalue weighted by molar-refractivity contribution is 0.0523. The molecule has 1 saturated heterocycles. The highest BCUT2D eigenvalue weighted by atomic mass is 16.5. The van der Waals surface area contributed by atoms with E-state index in [-0.39, 0.29) is 12.1 Å². The molecule has 128 valence electrons. The first-order valence-corrected chi connectivity index (χ1v) is 8.40. The number of imidazole rings is 1. The number of urea groups is 1. The summed E-state index contributed by atoms with van der Waals surface area (Å²) in [5.74, 6) is 0.987. The van der Waals surface area contributed by atoms with Gasteiger partial charge in [-0.05, 0) is 18.9 Å². The van der Waals surface area contributed by atoms with Gasteiger partial charge in [-0.1, -0.05) is 30.3 Å². The van der Waals surface area contributed by atoms with Gasteiger partial charge in [-0.25, -0.2) is 9.78 Å². The fraction of sp³-hybridized carbons (Fsp3) is 0.444. The Bertz CT molecular complexity index is 650. The maximum absolute atomic E-state index is 12.6. The van der Waals surface area contributed by atoms with Crippen LogP contribution in [0.15, 0.2) is 42.7 Å². The number of hydrogen-bond donors (Lipinski definition) is 1. The van der Waals surface area contributed by atoms with Crippen LogP contribution in [0.4, 0.5) is 4.79 Å². The minimum Gasteiger partial charge on any atom is -0.378 e. The van der Waals surface area contributed by atoms with Gasteiger partial charge in [0.15, 0.2) is 0 Å². The van der Waals surface area contributed by atoms with Gasteiger partial charge in [0, 0.05) is 32.0 Å². The second-order valence-corrected chi connectivity index (χ2v) is 5.97. The number of carbonyl (C=O) groups is 1. The molecule has 1 aliphatic rings. The molecule has 6 nitrogen and oxygen atoms in total. The molecular formula is C18H24N4O2. The fourth-order valence-corrected chi connectivity index (χ4v) is 2.92. The highest BCUT2D eigenvalue weighted by molar-refractivity contribution is 5.74. The van der Waals surface area contributed by atoms with E-state index in [4.69, 9.17) is 4.74 Å². The Balaban J connectivity index is 1.67. The van der Waals surface area contributed by atoms with Crippen molar-refractivity contribution in [1.29, 1.82) is 0 Å². The third-order valence-corrected chi connectivity index (χ3v) is 4.38. The zero-order valence-corrected chi connectivity index (χ0v) is 14.0. The first-order valence-electron chi connectivity index (χ1n) is 8.40. The molecule has 1 N–H and O–H groups in total. The van der Waals surface area contributed by atoms with Gasteiger partial charge in [0.1, 0.15) is 5.82 Å². The average Bonchev–Trinajstić information content (AvgIpc) is 3.05. The van der Waals surface area contributed by atoms with Crippen LogP contribution < -0.4 is 5.32 Å². The Labute approximate surface area is 142 Å². The molecule has 1 aliphatic heterocycles. The first-order chi connectivity index (χ1) is 11.7. The van der Waals surface area contributed by atoms with Crippen molar-refractivity contribution < 1.29 is 9.53 Å². The summed E-state index contributed by atoms with van der Waals surface area (Å²) < 4.78 is 7.43. The smallest absolute Gasteiger partial charge is 0.318 e. The van der Waals surface area contributed by atoms with Crippen molar-refractivity contribution in [2.45, 2.75) is 25.9 Å². The van der Waals surface area contributed by atoms with Crippen LogP contribution >= 0.6 is 0 Å². The molecule has 2 amide bonds. The molecule has 1 fully saturated rings. The van der Waals surface area contributed by atoms with Gasteiger partial charge < -0.3 is 19.5 Å². The number of hydrogen-bond acceptors (Lipinski definition) is 3. The molecular weight excluding hydrogens is 304 g/mol. The van der Waals surface area contributed by atoms with Gasteiger partial charge in [-0.2, -0.15) is 0 Å². The van der Waals surface area contributed by atoms with E-state index in [2.05, 4.69) is 27.0 Å².